The van der Waals surface area contributed by atoms with Gasteiger partial charge in [0.1, 0.15) is 22.8 Å². The van der Waals surface area contributed by atoms with Crippen LogP contribution < -0.4 is 19.5 Å². The first kappa shape index (κ1) is 24.2. The van der Waals surface area contributed by atoms with Crippen molar-refractivity contribution in [2.24, 2.45) is 0 Å². The Hall–Kier alpha value is -3.98. The molecule has 1 aromatic heterocycles. The van der Waals surface area contributed by atoms with Gasteiger partial charge >= 0.3 is 0 Å². The molecule has 0 saturated heterocycles. The summed E-state index contributed by atoms with van der Waals surface area (Å²) in [4.78, 5) is 13.1. The van der Waals surface area contributed by atoms with E-state index in [-0.39, 0.29) is 12.5 Å². The maximum atomic E-state index is 13.1. The molecule has 3 aromatic carbocycles. The molecule has 1 amide bonds. The van der Waals surface area contributed by atoms with E-state index in [2.05, 4.69) is 27.6 Å². The minimum Gasteiger partial charge on any atom is -0.497 e. The molecule has 1 heterocycles. The summed E-state index contributed by atoms with van der Waals surface area (Å²) in [7, 11) is 4.66. The van der Waals surface area contributed by atoms with Gasteiger partial charge in [-0.05, 0) is 42.0 Å². The van der Waals surface area contributed by atoms with Gasteiger partial charge < -0.3 is 19.5 Å². The van der Waals surface area contributed by atoms with Crippen LogP contribution in [0.25, 0.3) is 5.69 Å². The Morgan fingerprint density at radius 3 is 2.17 bits per heavy atom. The van der Waals surface area contributed by atoms with E-state index in [4.69, 9.17) is 14.2 Å². The van der Waals surface area contributed by atoms with E-state index < -0.39 is 0 Å². The van der Waals surface area contributed by atoms with E-state index in [9.17, 15) is 4.79 Å². The van der Waals surface area contributed by atoms with Crippen molar-refractivity contribution in [1.82, 2.24) is 20.1 Å². The molecule has 0 atom stereocenters. The van der Waals surface area contributed by atoms with Gasteiger partial charge in [-0.25, -0.2) is 0 Å². The molecule has 4 aromatic rings. The standard InChI is InChI=1S/C26H26N4O4S/c1-32-20-14-12-19(13-15-20)30-23(28-29-26(30)35-17-18-8-5-4-6-9-18)16-27-25(31)24-21(33-2)10-7-11-22(24)34-3/h4-15H,16-17H2,1-3H3,(H,27,31). The third-order valence-corrected chi connectivity index (χ3v) is 6.30. The van der Waals surface area contributed by atoms with Crippen molar-refractivity contribution in [2.45, 2.75) is 17.5 Å². The number of amides is 1. The largest absolute Gasteiger partial charge is 0.497 e. The number of rotatable bonds is 10. The predicted molar refractivity (Wildman–Crippen MR) is 135 cm³/mol. The summed E-state index contributed by atoms with van der Waals surface area (Å²) in [6.07, 6.45) is 0. The first-order valence-electron chi connectivity index (χ1n) is 10.9. The Labute approximate surface area is 208 Å². The van der Waals surface area contributed by atoms with Crippen molar-refractivity contribution in [3.63, 3.8) is 0 Å². The number of thioether (sulfide) groups is 1. The van der Waals surface area contributed by atoms with E-state index in [0.717, 1.165) is 22.3 Å². The van der Waals surface area contributed by atoms with Gasteiger partial charge in [0, 0.05) is 11.4 Å². The predicted octanol–water partition coefficient (Wildman–Crippen LogP) is 4.52. The molecule has 0 aliphatic heterocycles. The second-order valence-electron chi connectivity index (χ2n) is 7.43. The van der Waals surface area contributed by atoms with E-state index in [1.807, 2.05) is 47.0 Å². The fourth-order valence-electron chi connectivity index (χ4n) is 3.54. The maximum absolute atomic E-state index is 13.1. The number of ether oxygens (including phenoxy) is 3. The lowest BCUT2D eigenvalue weighted by Gasteiger charge is -2.14. The molecule has 35 heavy (non-hydrogen) atoms. The molecule has 0 saturated carbocycles. The average Bonchev–Trinajstić information content (AvgIpc) is 3.33. The quantitative estimate of drug-likeness (QED) is 0.327. The van der Waals surface area contributed by atoms with Crippen molar-refractivity contribution < 1.29 is 19.0 Å². The van der Waals surface area contributed by atoms with Crippen LogP contribution in [0.3, 0.4) is 0 Å². The molecule has 8 nitrogen and oxygen atoms in total. The molecule has 180 valence electrons. The first-order valence-corrected chi connectivity index (χ1v) is 11.9. The van der Waals surface area contributed by atoms with Crippen LogP contribution in [0, 0.1) is 0 Å². The average molecular weight is 491 g/mol. The van der Waals surface area contributed by atoms with Crippen molar-refractivity contribution in [1.29, 1.82) is 0 Å². The van der Waals surface area contributed by atoms with Crippen LogP contribution in [-0.4, -0.2) is 42.0 Å². The van der Waals surface area contributed by atoms with Crippen LogP contribution in [0.2, 0.25) is 0 Å². The molecule has 0 bridgehead atoms. The van der Waals surface area contributed by atoms with Crippen molar-refractivity contribution in [3.8, 4) is 22.9 Å². The molecule has 0 spiro atoms. The summed E-state index contributed by atoms with van der Waals surface area (Å²) in [5.74, 6) is 2.60. The fourth-order valence-corrected chi connectivity index (χ4v) is 4.47. The van der Waals surface area contributed by atoms with Crippen LogP contribution in [0.4, 0.5) is 0 Å². The Morgan fingerprint density at radius 2 is 1.54 bits per heavy atom. The highest BCUT2D eigenvalue weighted by Gasteiger charge is 2.20. The maximum Gasteiger partial charge on any atom is 0.259 e. The van der Waals surface area contributed by atoms with E-state index in [0.29, 0.717) is 22.9 Å². The molecule has 1 N–H and O–H groups in total. The van der Waals surface area contributed by atoms with Crippen LogP contribution >= 0.6 is 11.8 Å². The number of nitrogens with zero attached hydrogens (tertiary/aromatic N) is 3. The van der Waals surface area contributed by atoms with Gasteiger partial charge in [0.05, 0.1) is 27.9 Å². The first-order chi connectivity index (χ1) is 17.1. The summed E-state index contributed by atoms with van der Waals surface area (Å²) in [6, 6.07) is 23.0. The Morgan fingerprint density at radius 1 is 0.857 bits per heavy atom. The third kappa shape index (κ3) is 5.58. The molecular weight excluding hydrogens is 464 g/mol. The van der Waals surface area contributed by atoms with Crippen LogP contribution in [0.5, 0.6) is 17.2 Å². The summed E-state index contributed by atoms with van der Waals surface area (Å²) >= 11 is 1.57. The number of methoxy groups -OCH3 is 3. The van der Waals surface area contributed by atoms with Crippen molar-refractivity contribution in [2.75, 3.05) is 21.3 Å². The van der Waals surface area contributed by atoms with Gasteiger partial charge in [0.25, 0.3) is 5.91 Å². The van der Waals surface area contributed by atoms with Gasteiger partial charge in [-0.1, -0.05) is 48.2 Å². The Kier molecular flexibility index (Phi) is 7.89. The van der Waals surface area contributed by atoms with Gasteiger partial charge in [0.2, 0.25) is 0 Å². The van der Waals surface area contributed by atoms with Crippen molar-refractivity contribution >= 4 is 17.7 Å². The lowest BCUT2D eigenvalue weighted by atomic mass is 10.1. The lowest BCUT2D eigenvalue weighted by Crippen LogP contribution is -2.25. The molecule has 0 aliphatic rings. The minimum atomic E-state index is -0.331. The molecule has 0 aliphatic carbocycles. The summed E-state index contributed by atoms with van der Waals surface area (Å²) < 4.78 is 18.0. The van der Waals surface area contributed by atoms with Crippen LogP contribution in [0.15, 0.2) is 78.0 Å². The highest BCUT2D eigenvalue weighted by molar-refractivity contribution is 7.98. The zero-order valence-corrected chi connectivity index (χ0v) is 20.5. The molecular formula is C26H26N4O4S. The second kappa shape index (κ2) is 11.4. The Balaban J connectivity index is 1.60. The van der Waals surface area contributed by atoms with Gasteiger partial charge in [0.15, 0.2) is 11.0 Å². The van der Waals surface area contributed by atoms with E-state index >= 15 is 0 Å². The van der Waals surface area contributed by atoms with Crippen molar-refractivity contribution in [3.05, 3.63) is 89.7 Å². The summed E-state index contributed by atoms with van der Waals surface area (Å²) in [6.45, 7) is 0.158. The van der Waals surface area contributed by atoms with Gasteiger partial charge in [-0.3, -0.25) is 9.36 Å². The van der Waals surface area contributed by atoms with E-state index in [1.54, 1.807) is 37.1 Å². The minimum absolute atomic E-state index is 0.158. The molecule has 9 heteroatoms. The van der Waals surface area contributed by atoms with Gasteiger partial charge in [-0.2, -0.15) is 0 Å². The number of hydrogen-bond acceptors (Lipinski definition) is 7. The number of carbonyl (C=O) groups is 1. The SMILES string of the molecule is COc1ccc(-n2c(CNC(=O)c3c(OC)cccc3OC)nnc2SCc2ccccc2)cc1. The molecule has 0 unspecified atom stereocenters. The highest BCUT2D eigenvalue weighted by atomic mass is 32.2. The van der Waals surface area contributed by atoms with Crippen LogP contribution in [-0.2, 0) is 12.3 Å². The van der Waals surface area contributed by atoms with Crippen LogP contribution in [0.1, 0.15) is 21.7 Å². The summed E-state index contributed by atoms with van der Waals surface area (Å²) in [5, 5.41) is 12.4. The lowest BCUT2D eigenvalue weighted by molar-refractivity contribution is 0.0943. The van der Waals surface area contributed by atoms with Gasteiger partial charge in [-0.15, -0.1) is 10.2 Å². The smallest absolute Gasteiger partial charge is 0.259 e. The van der Waals surface area contributed by atoms with E-state index in [1.165, 1.54) is 19.8 Å². The zero-order chi connectivity index (χ0) is 24.6. The Bertz CT molecular complexity index is 1250. The topological polar surface area (TPSA) is 87.5 Å². The number of nitrogens with one attached hydrogen (secondary N) is 1. The zero-order valence-electron chi connectivity index (χ0n) is 19.7. The number of hydrogen-bond donors (Lipinski definition) is 1. The molecule has 0 fully saturated rings. The second-order valence-corrected chi connectivity index (χ2v) is 8.37. The highest BCUT2D eigenvalue weighted by Crippen LogP contribution is 2.29. The molecule has 4 rings (SSSR count). The third-order valence-electron chi connectivity index (χ3n) is 5.30. The number of carbonyl (C=O) groups excluding carboxylic acids is 1. The molecule has 0 radical (unpaired) electrons. The monoisotopic (exact) mass is 490 g/mol. The fraction of sp³-hybridized carbons (Fsp3) is 0.192. The number of benzene rings is 3. The summed E-state index contributed by atoms with van der Waals surface area (Å²) in [5.41, 5.74) is 2.37. The number of aromatic nitrogens is 3. The normalized spacial score (nSPS) is 10.6.